The summed E-state index contributed by atoms with van der Waals surface area (Å²) in [6.45, 7) is 5.44. The number of aromatic nitrogens is 2. The number of hydrogen-bond acceptors (Lipinski definition) is 5. The van der Waals surface area contributed by atoms with Crippen LogP contribution in [0.15, 0.2) is 24.5 Å². The predicted octanol–water partition coefficient (Wildman–Crippen LogP) is 2.02. The van der Waals surface area contributed by atoms with E-state index in [1.807, 2.05) is 36.4 Å². The minimum atomic E-state index is 0.142. The van der Waals surface area contributed by atoms with E-state index in [-0.39, 0.29) is 5.91 Å². The van der Waals surface area contributed by atoms with Gasteiger partial charge < -0.3 is 9.80 Å². The van der Waals surface area contributed by atoms with Crippen LogP contribution >= 0.6 is 11.3 Å². The molecule has 0 N–H and O–H groups in total. The van der Waals surface area contributed by atoms with Crippen LogP contribution in [-0.2, 0) is 12.8 Å². The van der Waals surface area contributed by atoms with Crippen molar-refractivity contribution < 1.29 is 4.79 Å². The van der Waals surface area contributed by atoms with Crippen molar-refractivity contribution in [1.82, 2.24) is 19.8 Å². The van der Waals surface area contributed by atoms with E-state index in [0.29, 0.717) is 0 Å². The average Bonchev–Trinajstić information content (AvgIpc) is 2.95. The van der Waals surface area contributed by atoms with Gasteiger partial charge in [0.15, 0.2) is 0 Å². The van der Waals surface area contributed by atoms with Gasteiger partial charge in [0.05, 0.1) is 10.7 Å². The molecule has 1 saturated heterocycles. The highest BCUT2D eigenvalue weighted by molar-refractivity contribution is 7.13. The number of aryl methyl sites for hydroxylation is 3. The molecule has 1 fully saturated rings. The number of rotatable bonds is 4. The van der Waals surface area contributed by atoms with Gasteiger partial charge in [-0.3, -0.25) is 9.78 Å². The Hall–Kier alpha value is -1.79. The van der Waals surface area contributed by atoms with Crippen molar-refractivity contribution in [1.29, 1.82) is 0 Å². The molecule has 0 bridgehead atoms. The third-order valence-corrected chi connectivity index (χ3v) is 5.41. The minimum Gasteiger partial charge on any atom is -0.335 e. The highest BCUT2D eigenvalue weighted by atomic mass is 32.1. The highest BCUT2D eigenvalue weighted by Gasteiger charge is 2.24. The molecule has 122 valence electrons. The summed E-state index contributed by atoms with van der Waals surface area (Å²) in [4.78, 5) is 26.3. The van der Waals surface area contributed by atoms with Crippen LogP contribution in [0.2, 0.25) is 0 Å². The zero-order valence-electron chi connectivity index (χ0n) is 13.7. The van der Waals surface area contributed by atoms with Gasteiger partial charge in [-0.05, 0) is 38.1 Å². The van der Waals surface area contributed by atoms with Gasteiger partial charge in [0.1, 0.15) is 4.88 Å². The van der Waals surface area contributed by atoms with Crippen molar-refractivity contribution in [3.8, 4) is 0 Å². The molecule has 3 rings (SSSR count). The fourth-order valence-corrected chi connectivity index (χ4v) is 3.74. The van der Waals surface area contributed by atoms with Gasteiger partial charge >= 0.3 is 0 Å². The van der Waals surface area contributed by atoms with Crippen LogP contribution in [0.5, 0.6) is 0 Å². The number of carbonyl (C=O) groups is 1. The van der Waals surface area contributed by atoms with Crippen molar-refractivity contribution in [3.63, 3.8) is 0 Å². The van der Waals surface area contributed by atoms with E-state index in [9.17, 15) is 4.79 Å². The second-order valence-electron chi connectivity index (χ2n) is 5.97. The minimum absolute atomic E-state index is 0.142. The molecule has 1 aliphatic heterocycles. The molecule has 6 heteroatoms. The summed E-state index contributed by atoms with van der Waals surface area (Å²) >= 11 is 1.55. The molecular weight excluding hydrogens is 308 g/mol. The van der Waals surface area contributed by atoms with E-state index >= 15 is 0 Å². The number of amides is 1. The molecule has 5 nitrogen and oxygen atoms in total. The molecule has 0 aliphatic carbocycles. The summed E-state index contributed by atoms with van der Waals surface area (Å²) in [5, 5.41) is 1.04. The maximum absolute atomic E-state index is 12.7. The van der Waals surface area contributed by atoms with Crippen molar-refractivity contribution in [2.24, 2.45) is 0 Å². The molecule has 2 aromatic rings. The summed E-state index contributed by atoms with van der Waals surface area (Å²) in [5.74, 6) is 0.142. The lowest BCUT2D eigenvalue weighted by atomic mass is 10.1. The van der Waals surface area contributed by atoms with Crippen LogP contribution in [0.4, 0.5) is 0 Å². The first-order valence-corrected chi connectivity index (χ1v) is 8.78. The van der Waals surface area contributed by atoms with Gasteiger partial charge in [0.2, 0.25) is 0 Å². The number of hydrogen-bond donors (Lipinski definition) is 0. The molecule has 2 aromatic heterocycles. The van der Waals surface area contributed by atoms with E-state index in [4.69, 9.17) is 0 Å². The van der Waals surface area contributed by atoms with Gasteiger partial charge in [0.25, 0.3) is 5.91 Å². The van der Waals surface area contributed by atoms with Crippen LogP contribution in [0.1, 0.15) is 25.9 Å². The van der Waals surface area contributed by atoms with E-state index in [1.165, 1.54) is 5.56 Å². The van der Waals surface area contributed by atoms with Crippen molar-refractivity contribution in [2.75, 3.05) is 33.2 Å². The lowest BCUT2D eigenvalue weighted by Gasteiger charge is -2.32. The van der Waals surface area contributed by atoms with Gasteiger partial charge in [-0.15, -0.1) is 11.3 Å². The van der Waals surface area contributed by atoms with Crippen LogP contribution < -0.4 is 0 Å². The Labute approximate surface area is 141 Å². The first-order chi connectivity index (χ1) is 11.1. The number of likely N-dealkylation sites (N-methyl/N-ethyl adjacent to an activating group) is 1. The Bertz CT molecular complexity index is 662. The first-order valence-electron chi connectivity index (χ1n) is 7.96. The topological polar surface area (TPSA) is 49.3 Å². The van der Waals surface area contributed by atoms with Crippen LogP contribution in [0.3, 0.4) is 0 Å². The standard InChI is InChI=1S/C17H22N4OS/c1-13-16(17(22)21-11-9-20(2)10-12-21)23-15(19-13)4-3-14-5-7-18-8-6-14/h5-8H,3-4,9-12H2,1-2H3. The summed E-state index contributed by atoms with van der Waals surface area (Å²) in [6, 6.07) is 4.05. The number of nitrogens with zero attached hydrogens (tertiary/aromatic N) is 4. The highest BCUT2D eigenvalue weighted by Crippen LogP contribution is 2.22. The molecule has 0 radical (unpaired) electrons. The molecule has 1 aliphatic rings. The Balaban J connectivity index is 1.64. The van der Waals surface area contributed by atoms with E-state index in [1.54, 1.807) is 11.3 Å². The Kier molecular flexibility index (Phi) is 5.03. The molecule has 0 aromatic carbocycles. The predicted molar refractivity (Wildman–Crippen MR) is 91.9 cm³/mol. The first kappa shape index (κ1) is 16.1. The van der Waals surface area contributed by atoms with Crippen molar-refractivity contribution >= 4 is 17.2 Å². The van der Waals surface area contributed by atoms with Gasteiger partial charge in [-0.2, -0.15) is 0 Å². The van der Waals surface area contributed by atoms with E-state index in [0.717, 1.165) is 54.6 Å². The molecule has 0 saturated carbocycles. The van der Waals surface area contributed by atoms with Gasteiger partial charge in [-0.1, -0.05) is 0 Å². The summed E-state index contributed by atoms with van der Waals surface area (Å²) in [5.41, 5.74) is 2.11. The van der Waals surface area contributed by atoms with E-state index < -0.39 is 0 Å². The fraction of sp³-hybridized carbons (Fsp3) is 0.471. The SMILES string of the molecule is Cc1nc(CCc2ccncc2)sc1C(=O)N1CCN(C)CC1. The van der Waals surface area contributed by atoms with Crippen LogP contribution in [0.25, 0.3) is 0 Å². The largest absolute Gasteiger partial charge is 0.335 e. The molecule has 1 amide bonds. The monoisotopic (exact) mass is 330 g/mol. The number of piperazine rings is 1. The van der Waals surface area contributed by atoms with E-state index in [2.05, 4.69) is 21.9 Å². The number of thiazole rings is 1. The summed E-state index contributed by atoms with van der Waals surface area (Å²) in [7, 11) is 2.09. The Morgan fingerprint density at radius 2 is 1.87 bits per heavy atom. The fourth-order valence-electron chi connectivity index (χ4n) is 2.71. The van der Waals surface area contributed by atoms with Gasteiger partial charge in [-0.25, -0.2) is 4.98 Å². The lowest BCUT2D eigenvalue weighted by Crippen LogP contribution is -2.47. The van der Waals surface area contributed by atoms with Crippen LogP contribution in [0, 0.1) is 6.92 Å². The quantitative estimate of drug-likeness (QED) is 0.860. The molecule has 23 heavy (non-hydrogen) atoms. The molecule has 0 spiro atoms. The summed E-state index contributed by atoms with van der Waals surface area (Å²) in [6.07, 6.45) is 5.42. The molecular formula is C17H22N4OS. The Morgan fingerprint density at radius 1 is 1.17 bits per heavy atom. The third kappa shape index (κ3) is 3.95. The second-order valence-corrected chi connectivity index (χ2v) is 7.06. The van der Waals surface area contributed by atoms with Crippen molar-refractivity contribution in [3.05, 3.63) is 45.7 Å². The summed E-state index contributed by atoms with van der Waals surface area (Å²) < 4.78 is 0. The Morgan fingerprint density at radius 3 is 2.57 bits per heavy atom. The second kappa shape index (κ2) is 7.19. The smallest absolute Gasteiger partial charge is 0.265 e. The van der Waals surface area contributed by atoms with Gasteiger partial charge in [0, 0.05) is 45.0 Å². The maximum atomic E-state index is 12.7. The maximum Gasteiger partial charge on any atom is 0.265 e. The number of pyridine rings is 1. The molecule has 0 unspecified atom stereocenters. The van der Waals surface area contributed by atoms with Crippen LogP contribution in [-0.4, -0.2) is 58.9 Å². The molecule has 3 heterocycles. The normalized spacial score (nSPS) is 15.8. The third-order valence-electron chi connectivity index (χ3n) is 4.20. The zero-order valence-corrected chi connectivity index (χ0v) is 14.5. The average molecular weight is 330 g/mol. The number of carbonyl (C=O) groups excluding carboxylic acids is 1. The molecule has 0 atom stereocenters. The lowest BCUT2D eigenvalue weighted by molar-refractivity contribution is 0.0668. The zero-order chi connectivity index (χ0) is 16.2. The van der Waals surface area contributed by atoms with Crippen molar-refractivity contribution in [2.45, 2.75) is 19.8 Å².